The standard InChI is InChI=1S/C18H23AsO4/c1-6-22-15(20)11-12(2)13-9-7-8-10-14(13)16(19)17(21)23-18(3,4)5/h7-11,16H,6H2,1-5H3/b12-11-. The summed E-state index contributed by atoms with van der Waals surface area (Å²) in [5.41, 5.74) is 1.84. The molecule has 23 heavy (non-hydrogen) atoms. The second-order valence-electron chi connectivity index (χ2n) is 6.10. The van der Waals surface area contributed by atoms with Gasteiger partial charge in [-0.25, -0.2) is 0 Å². The predicted octanol–water partition coefficient (Wildman–Crippen LogP) is 3.20. The van der Waals surface area contributed by atoms with Gasteiger partial charge in [0.15, 0.2) is 0 Å². The van der Waals surface area contributed by atoms with E-state index in [4.69, 9.17) is 9.47 Å². The third-order valence-electron chi connectivity index (χ3n) is 2.93. The fraction of sp³-hybridized carbons (Fsp3) is 0.444. The Bertz CT molecular complexity index is 599. The van der Waals surface area contributed by atoms with Crippen molar-refractivity contribution in [3.8, 4) is 0 Å². The maximum absolute atomic E-state index is 12.3. The van der Waals surface area contributed by atoms with E-state index in [1.807, 2.05) is 52.0 Å². The molecule has 0 aliphatic heterocycles. The molecule has 0 amide bonds. The van der Waals surface area contributed by atoms with E-state index in [1.165, 1.54) is 6.08 Å². The molecule has 1 unspecified atom stereocenters. The predicted molar refractivity (Wildman–Crippen MR) is 91.1 cm³/mol. The Morgan fingerprint density at radius 3 is 2.43 bits per heavy atom. The van der Waals surface area contributed by atoms with Gasteiger partial charge in [0.25, 0.3) is 0 Å². The van der Waals surface area contributed by atoms with Crippen LogP contribution < -0.4 is 0 Å². The van der Waals surface area contributed by atoms with Crippen LogP contribution in [0.25, 0.3) is 5.57 Å². The van der Waals surface area contributed by atoms with Gasteiger partial charge in [-0.1, -0.05) is 0 Å². The molecule has 0 N–H and O–H groups in total. The second kappa shape index (κ2) is 8.35. The molecule has 2 radical (unpaired) electrons. The van der Waals surface area contributed by atoms with Gasteiger partial charge in [0, 0.05) is 0 Å². The Hall–Kier alpha value is -1.54. The summed E-state index contributed by atoms with van der Waals surface area (Å²) in [4.78, 5) is 23.9. The van der Waals surface area contributed by atoms with Crippen molar-refractivity contribution in [2.75, 3.05) is 6.61 Å². The van der Waals surface area contributed by atoms with E-state index in [0.29, 0.717) is 6.61 Å². The van der Waals surface area contributed by atoms with Gasteiger partial charge in [-0.15, -0.1) is 0 Å². The molecule has 0 saturated carbocycles. The van der Waals surface area contributed by atoms with Gasteiger partial charge in [0.1, 0.15) is 0 Å². The van der Waals surface area contributed by atoms with Gasteiger partial charge in [0.05, 0.1) is 0 Å². The Balaban J connectivity index is 3.10. The fourth-order valence-electron chi connectivity index (χ4n) is 2.02. The monoisotopic (exact) mass is 378 g/mol. The third-order valence-corrected chi connectivity index (χ3v) is 3.96. The maximum atomic E-state index is 12.3. The number of hydrogen-bond acceptors (Lipinski definition) is 4. The average Bonchev–Trinajstić information content (AvgIpc) is 2.44. The first-order chi connectivity index (χ1) is 10.7. The van der Waals surface area contributed by atoms with Crippen LogP contribution in [0, 0.1) is 0 Å². The van der Waals surface area contributed by atoms with Gasteiger partial charge in [-0.05, 0) is 0 Å². The third kappa shape index (κ3) is 6.23. The van der Waals surface area contributed by atoms with Crippen LogP contribution >= 0.6 is 0 Å². The summed E-state index contributed by atoms with van der Waals surface area (Å²) in [5, 5.41) is 0. The summed E-state index contributed by atoms with van der Waals surface area (Å²) in [6.45, 7) is 9.42. The second-order valence-corrected chi connectivity index (χ2v) is 7.19. The molecular formula is C18H23AsO4. The molecule has 0 aliphatic rings. The zero-order valence-corrected chi connectivity index (χ0v) is 16.1. The number of carbonyl (C=O) groups is 2. The van der Waals surface area contributed by atoms with E-state index in [0.717, 1.165) is 16.7 Å². The molecule has 1 atom stereocenters. The van der Waals surface area contributed by atoms with Crippen molar-refractivity contribution in [2.24, 2.45) is 0 Å². The number of carbonyl (C=O) groups excluding carboxylic acids is 2. The molecule has 0 aromatic heterocycles. The average molecular weight is 378 g/mol. The minimum absolute atomic E-state index is 0.311. The van der Waals surface area contributed by atoms with E-state index < -0.39 is 10.3 Å². The van der Waals surface area contributed by atoms with Crippen LogP contribution in [0.3, 0.4) is 0 Å². The van der Waals surface area contributed by atoms with Crippen LogP contribution in [0.4, 0.5) is 0 Å². The van der Waals surface area contributed by atoms with Crippen LogP contribution in [0.15, 0.2) is 30.3 Å². The van der Waals surface area contributed by atoms with Gasteiger partial charge in [-0.3, -0.25) is 0 Å². The molecular weight excluding hydrogens is 355 g/mol. The topological polar surface area (TPSA) is 52.6 Å². The summed E-state index contributed by atoms with van der Waals surface area (Å²) < 4.78 is 9.90. The van der Waals surface area contributed by atoms with Crippen LogP contribution in [-0.4, -0.2) is 41.0 Å². The molecule has 0 bridgehead atoms. The van der Waals surface area contributed by atoms with Crippen molar-refractivity contribution < 1.29 is 19.1 Å². The Morgan fingerprint density at radius 1 is 1.26 bits per heavy atom. The normalized spacial score (nSPS) is 13.4. The van der Waals surface area contributed by atoms with Gasteiger partial charge in [0.2, 0.25) is 0 Å². The van der Waals surface area contributed by atoms with Gasteiger partial charge < -0.3 is 0 Å². The molecule has 0 heterocycles. The van der Waals surface area contributed by atoms with Crippen LogP contribution in [0.5, 0.6) is 0 Å². The van der Waals surface area contributed by atoms with Gasteiger partial charge in [-0.2, -0.15) is 0 Å². The molecule has 1 aromatic rings. The summed E-state index contributed by atoms with van der Waals surface area (Å²) in [5.74, 6) is -0.701. The molecule has 1 aromatic carbocycles. The van der Waals surface area contributed by atoms with E-state index in [9.17, 15) is 9.59 Å². The first-order valence-corrected chi connectivity index (χ1v) is 8.59. The van der Waals surface area contributed by atoms with E-state index in [1.54, 1.807) is 6.92 Å². The Morgan fingerprint density at radius 2 is 1.87 bits per heavy atom. The SMILES string of the molecule is CCOC(=O)/C=C(/C)c1ccccc1C([As])C(=O)OC(C)(C)C. The zero-order valence-electron chi connectivity index (χ0n) is 14.3. The molecule has 124 valence electrons. The molecule has 4 nitrogen and oxygen atoms in total. The van der Waals surface area contributed by atoms with Crippen molar-refractivity contribution in [3.05, 3.63) is 41.5 Å². The number of ether oxygens (including phenoxy) is 2. The van der Waals surface area contributed by atoms with Gasteiger partial charge >= 0.3 is 146 Å². The van der Waals surface area contributed by atoms with Crippen molar-refractivity contribution in [1.29, 1.82) is 0 Å². The summed E-state index contributed by atoms with van der Waals surface area (Å²) in [7, 11) is 0. The number of benzene rings is 1. The first-order valence-electron chi connectivity index (χ1n) is 7.51. The van der Waals surface area contributed by atoms with E-state index in [2.05, 4.69) is 16.9 Å². The van der Waals surface area contributed by atoms with E-state index in [-0.39, 0.29) is 11.9 Å². The van der Waals surface area contributed by atoms with Crippen LogP contribution in [0.2, 0.25) is 0 Å². The molecule has 0 fully saturated rings. The van der Waals surface area contributed by atoms with Crippen molar-refractivity contribution in [2.45, 2.75) is 44.9 Å². The quantitative estimate of drug-likeness (QED) is 0.449. The minimum atomic E-state index is -0.542. The Kier molecular flexibility index (Phi) is 7.08. The van der Waals surface area contributed by atoms with Crippen molar-refractivity contribution in [3.63, 3.8) is 0 Å². The van der Waals surface area contributed by atoms with Crippen molar-refractivity contribution in [1.82, 2.24) is 0 Å². The molecule has 5 heteroatoms. The Labute approximate surface area is 146 Å². The molecule has 0 spiro atoms. The van der Waals surface area contributed by atoms with Crippen LogP contribution in [-0.2, 0) is 19.1 Å². The molecule has 0 aliphatic carbocycles. The molecule has 1 rings (SSSR count). The zero-order chi connectivity index (χ0) is 17.6. The number of esters is 2. The molecule has 0 saturated heterocycles. The summed E-state index contributed by atoms with van der Waals surface area (Å²) >= 11 is 2.34. The van der Waals surface area contributed by atoms with Crippen LogP contribution in [0.1, 0.15) is 50.5 Å². The fourth-order valence-corrected chi connectivity index (χ4v) is 2.60. The summed E-state index contributed by atoms with van der Waals surface area (Å²) in [6.07, 6.45) is 1.44. The number of hydrogen-bond donors (Lipinski definition) is 0. The summed E-state index contributed by atoms with van der Waals surface area (Å²) in [6, 6.07) is 7.48. The number of rotatable bonds is 5. The number of allylic oxidation sites excluding steroid dienone is 1. The first kappa shape index (κ1) is 19.5. The van der Waals surface area contributed by atoms with Crippen molar-refractivity contribution >= 4 is 34.4 Å². The van der Waals surface area contributed by atoms with E-state index >= 15 is 0 Å².